The molecule has 182 valence electrons. The molecule has 2 heterocycles. The van der Waals surface area contributed by atoms with Gasteiger partial charge >= 0.3 is 0 Å². The third-order valence-corrected chi connectivity index (χ3v) is 9.24. The molecule has 1 aliphatic carbocycles. The molecule has 4 rings (SSSR count). The maximum atomic E-state index is 13.3. The van der Waals surface area contributed by atoms with Crippen molar-refractivity contribution in [2.24, 2.45) is 11.3 Å². The number of nitrogens with zero attached hydrogens (tertiary/aromatic N) is 3. The molecule has 0 bridgehead atoms. The van der Waals surface area contributed by atoms with Crippen LogP contribution in [0.5, 0.6) is 0 Å². The molecule has 2 amide bonds. The molecule has 3 aliphatic rings. The fourth-order valence-corrected chi connectivity index (χ4v) is 6.87. The third kappa shape index (κ3) is 5.08. The van der Waals surface area contributed by atoms with Crippen LogP contribution < -0.4 is 10.6 Å². The quantitative estimate of drug-likeness (QED) is 0.510. The van der Waals surface area contributed by atoms with E-state index in [-0.39, 0.29) is 29.2 Å². The van der Waals surface area contributed by atoms with Crippen molar-refractivity contribution in [3.8, 4) is 0 Å². The van der Waals surface area contributed by atoms with Crippen molar-refractivity contribution in [1.82, 2.24) is 24.7 Å². The summed E-state index contributed by atoms with van der Waals surface area (Å²) < 4.78 is 27.8. The SMILES string of the molecule is CNC(=O)[C@@H]1C[C@@]2(C[C@@H]2C(=O)NCCCN2CCN(C)CC2)CN1S(=O)(=O)c1ccccc1. The lowest BCUT2D eigenvalue weighted by molar-refractivity contribution is -0.124. The van der Waals surface area contributed by atoms with Gasteiger partial charge in [0.1, 0.15) is 6.04 Å². The van der Waals surface area contributed by atoms with E-state index in [1.54, 1.807) is 30.3 Å². The Morgan fingerprint density at radius 1 is 1.06 bits per heavy atom. The Hall–Kier alpha value is -2.01. The summed E-state index contributed by atoms with van der Waals surface area (Å²) in [6.45, 7) is 6.04. The average Bonchev–Trinajstić information content (AvgIpc) is 3.38. The summed E-state index contributed by atoms with van der Waals surface area (Å²) in [5.41, 5.74) is -0.458. The monoisotopic (exact) mass is 477 g/mol. The molecule has 0 aromatic heterocycles. The van der Waals surface area contributed by atoms with Crippen molar-refractivity contribution in [3.63, 3.8) is 0 Å². The molecule has 2 N–H and O–H groups in total. The summed E-state index contributed by atoms with van der Waals surface area (Å²) in [6, 6.07) is 7.38. The van der Waals surface area contributed by atoms with Gasteiger partial charge in [-0.15, -0.1) is 0 Å². The van der Waals surface area contributed by atoms with Crippen LogP contribution >= 0.6 is 0 Å². The van der Waals surface area contributed by atoms with Crippen LogP contribution in [0.4, 0.5) is 0 Å². The second-order valence-corrected chi connectivity index (χ2v) is 11.5. The van der Waals surface area contributed by atoms with Gasteiger partial charge in [0, 0.05) is 52.2 Å². The van der Waals surface area contributed by atoms with Crippen LogP contribution in [-0.2, 0) is 19.6 Å². The molecule has 2 aliphatic heterocycles. The van der Waals surface area contributed by atoms with Gasteiger partial charge in [-0.2, -0.15) is 4.31 Å². The molecule has 0 radical (unpaired) electrons. The lowest BCUT2D eigenvalue weighted by Gasteiger charge is -2.32. The van der Waals surface area contributed by atoms with Crippen LogP contribution in [0, 0.1) is 11.3 Å². The fraction of sp³-hybridized carbons (Fsp3) is 0.652. The van der Waals surface area contributed by atoms with Gasteiger partial charge in [0.15, 0.2) is 0 Å². The summed E-state index contributed by atoms with van der Waals surface area (Å²) in [4.78, 5) is 30.3. The number of hydrogen-bond donors (Lipinski definition) is 2. The first-order chi connectivity index (χ1) is 15.8. The number of benzene rings is 1. The molecule has 2 saturated heterocycles. The minimum atomic E-state index is -3.83. The third-order valence-electron chi connectivity index (χ3n) is 7.37. The van der Waals surface area contributed by atoms with Gasteiger partial charge in [0.05, 0.1) is 4.90 Å². The van der Waals surface area contributed by atoms with Gasteiger partial charge in [-0.25, -0.2) is 8.42 Å². The number of likely N-dealkylation sites (N-methyl/N-ethyl adjacent to an activating group) is 2. The van der Waals surface area contributed by atoms with Gasteiger partial charge in [0.25, 0.3) is 0 Å². The van der Waals surface area contributed by atoms with E-state index in [4.69, 9.17) is 0 Å². The van der Waals surface area contributed by atoms with E-state index in [2.05, 4.69) is 27.5 Å². The topological polar surface area (TPSA) is 102 Å². The van der Waals surface area contributed by atoms with Crippen LogP contribution in [0.15, 0.2) is 35.2 Å². The van der Waals surface area contributed by atoms with Gasteiger partial charge in [-0.3, -0.25) is 9.59 Å². The predicted octanol–water partition coefficient (Wildman–Crippen LogP) is -0.0444. The van der Waals surface area contributed by atoms with E-state index >= 15 is 0 Å². The Bertz CT molecular complexity index is 964. The molecule has 1 aromatic carbocycles. The van der Waals surface area contributed by atoms with Gasteiger partial charge in [-0.05, 0) is 50.4 Å². The van der Waals surface area contributed by atoms with Crippen molar-refractivity contribution in [3.05, 3.63) is 30.3 Å². The van der Waals surface area contributed by atoms with E-state index in [9.17, 15) is 18.0 Å². The van der Waals surface area contributed by atoms with E-state index in [0.29, 0.717) is 19.4 Å². The molecule has 10 heteroatoms. The Labute approximate surface area is 196 Å². The van der Waals surface area contributed by atoms with Crippen LogP contribution in [-0.4, -0.2) is 100 Å². The predicted molar refractivity (Wildman–Crippen MR) is 125 cm³/mol. The zero-order valence-electron chi connectivity index (χ0n) is 19.5. The Morgan fingerprint density at radius 2 is 1.76 bits per heavy atom. The Morgan fingerprint density at radius 3 is 2.42 bits per heavy atom. The molecule has 9 nitrogen and oxygen atoms in total. The lowest BCUT2D eigenvalue weighted by atomic mass is 9.99. The Kier molecular flexibility index (Phi) is 7.09. The fourth-order valence-electron chi connectivity index (χ4n) is 5.17. The van der Waals surface area contributed by atoms with Crippen LogP contribution in [0.1, 0.15) is 19.3 Å². The number of piperazine rings is 1. The van der Waals surface area contributed by atoms with E-state index < -0.39 is 21.5 Å². The number of sulfonamides is 1. The van der Waals surface area contributed by atoms with E-state index in [0.717, 1.165) is 39.1 Å². The second kappa shape index (κ2) is 9.69. The van der Waals surface area contributed by atoms with Gasteiger partial charge < -0.3 is 20.4 Å². The zero-order valence-corrected chi connectivity index (χ0v) is 20.3. The number of amides is 2. The van der Waals surface area contributed by atoms with Gasteiger partial charge in [0.2, 0.25) is 21.8 Å². The van der Waals surface area contributed by atoms with Crippen LogP contribution in [0.3, 0.4) is 0 Å². The first kappa shape index (κ1) is 24.1. The van der Waals surface area contributed by atoms with Crippen molar-refractivity contribution < 1.29 is 18.0 Å². The number of rotatable bonds is 8. The van der Waals surface area contributed by atoms with Crippen molar-refractivity contribution >= 4 is 21.8 Å². The van der Waals surface area contributed by atoms with Crippen molar-refractivity contribution in [2.75, 3.05) is 59.9 Å². The highest BCUT2D eigenvalue weighted by Gasteiger charge is 2.65. The largest absolute Gasteiger partial charge is 0.358 e. The summed E-state index contributed by atoms with van der Waals surface area (Å²) in [7, 11) is -0.185. The number of nitrogens with one attached hydrogen (secondary N) is 2. The normalized spacial score (nSPS) is 28.7. The molecule has 33 heavy (non-hydrogen) atoms. The van der Waals surface area contributed by atoms with E-state index in [1.807, 2.05) is 0 Å². The summed E-state index contributed by atoms with van der Waals surface area (Å²) in [5.74, 6) is -0.600. The van der Waals surface area contributed by atoms with Crippen molar-refractivity contribution in [1.29, 1.82) is 0 Å². The number of hydrogen-bond acceptors (Lipinski definition) is 6. The first-order valence-electron chi connectivity index (χ1n) is 11.7. The number of carbonyl (C=O) groups is 2. The van der Waals surface area contributed by atoms with Crippen LogP contribution in [0.2, 0.25) is 0 Å². The van der Waals surface area contributed by atoms with Crippen LogP contribution in [0.25, 0.3) is 0 Å². The molecule has 3 fully saturated rings. The molecule has 3 atom stereocenters. The smallest absolute Gasteiger partial charge is 0.243 e. The maximum Gasteiger partial charge on any atom is 0.243 e. The minimum absolute atomic E-state index is 0.0250. The Balaban J connectivity index is 1.34. The lowest BCUT2D eigenvalue weighted by Crippen LogP contribution is -2.45. The minimum Gasteiger partial charge on any atom is -0.358 e. The summed E-state index contributed by atoms with van der Waals surface area (Å²) in [6.07, 6.45) is 1.88. The molecular formula is C23H35N5O4S. The molecule has 1 saturated carbocycles. The van der Waals surface area contributed by atoms with Crippen molar-refractivity contribution in [2.45, 2.75) is 30.2 Å². The molecule has 1 aromatic rings. The maximum absolute atomic E-state index is 13.3. The average molecular weight is 478 g/mol. The van der Waals surface area contributed by atoms with Gasteiger partial charge in [-0.1, -0.05) is 18.2 Å². The first-order valence-corrected chi connectivity index (χ1v) is 13.2. The molecular weight excluding hydrogens is 442 g/mol. The zero-order chi connectivity index (χ0) is 23.6. The second-order valence-electron chi connectivity index (χ2n) is 9.61. The summed E-state index contributed by atoms with van der Waals surface area (Å²) in [5, 5.41) is 5.64. The highest BCUT2D eigenvalue weighted by molar-refractivity contribution is 7.89. The number of carbonyl (C=O) groups excluding carboxylic acids is 2. The highest BCUT2D eigenvalue weighted by Crippen LogP contribution is 2.60. The summed E-state index contributed by atoms with van der Waals surface area (Å²) >= 11 is 0. The molecule has 0 unspecified atom stereocenters. The highest BCUT2D eigenvalue weighted by atomic mass is 32.2. The van der Waals surface area contributed by atoms with E-state index in [1.165, 1.54) is 11.4 Å². The standard InChI is InChI=1S/C23H35N5O4S/c1-24-22(30)20-16-23(17-28(20)33(31,32)18-7-4-3-5-8-18)15-19(23)21(29)25-9-6-10-27-13-11-26(2)12-14-27/h3-5,7-8,19-20H,6,9-17H2,1-2H3,(H,24,30)(H,25,29)/t19-,20+,23+/m1/s1. The molecule has 1 spiro atoms.